The minimum Gasteiger partial charge on any atom is -0.396 e. The number of rotatable bonds is 6. The molecule has 0 aliphatic carbocycles. The van der Waals surface area contributed by atoms with Gasteiger partial charge in [0.05, 0.1) is 11.4 Å². The molecule has 0 aliphatic rings. The topological polar surface area (TPSA) is 57.6 Å². The highest BCUT2D eigenvalue weighted by Crippen LogP contribution is 2.19. The van der Waals surface area contributed by atoms with Gasteiger partial charge in [-0.1, -0.05) is 12.1 Å². The van der Waals surface area contributed by atoms with E-state index in [1.165, 1.54) is 4.31 Å². The van der Waals surface area contributed by atoms with Gasteiger partial charge in [0.25, 0.3) is 0 Å². The molecular weight excluding hydrogens is 238 g/mol. The molecule has 1 aromatic carbocycles. The Hall–Kier alpha value is -1.07. The van der Waals surface area contributed by atoms with Crippen molar-refractivity contribution < 1.29 is 13.5 Å². The lowest BCUT2D eigenvalue weighted by atomic mass is 10.2. The molecule has 0 bridgehead atoms. The molecule has 1 N–H and O–H groups in total. The second kappa shape index (κ2) is 6.02. The highest BCUT2D eigenvalue weighted by Gasteiger charge is 2.20. The minimum absolute atomic E-state index is 0.0225. The van der Waals surface area contributed by atoms with Gasteiger partial charge in [0.2, 0.25) is 10.0 Å². The first-order chi connectivity index (χ1) is 8.01. The minimum atomic E-state index is -3.33. The summed E-state index contributed by atoms with van der Waals surface area (Å²) in [5.41, 5.74) is 1.71. The van der Waals surface area contributed by atoms with Crippen molar-refractivity contribution in [3.05, 3.63) is 29.8 Å². The summed E-state index contributed by atoms with van der Waals surface area (Å²) in [6.45, 7) is 4.03. The zero-order valence-electron chi connectivity index (χ0n) is 10.3. The van der Waals surface area contributed by atoms with E-state index in [0.717, 1.165) is 5.56 Å². The second-order valence-electron chi connectivity index (χ2n) is 3.90. The maximum atomic E-state index is 12.0. The molecule has 0 spiro atoms. The normalized spacial score (nSPS) is 11.5. The molecule has 0 atom stereocenters. The summed E-state index contributed by atoms with van der Waals surface area (Å²) in [5.74, 6) is -0.0225. The van der Waals surface area contributed by atoms with E-state index in [0.29, 0.717) is 12.2 Å². The van der Waals surface area contributed by atoms with Gasteiger partial charge in [0, 0.05) is 13.2 Å². The van der Waals surface area contributed by atoms with Crippen molar-refractivity contribution in [2.75, 3.05) is 23.2 Å². The molecule has 0 radical (unpaired) electrons. The Morgan fingerprint density at radius 2 is 2.06 bits per heavy atom. The van der Waals surface area contributed by atoms with E-state index in [1.54, 1.807) is 13.0 Å². The molecule has 0 aromatic heterocycles. The van der Waals surface area contributed by atoms with Crippen LogP contribution in [0.4, 0.5) is 5.69 Å². The van der Waals surface area contributed by atoms with Crippen molar-refractivity contribution in [2.45, 2.75) is 20.3 Å². The predicted molar refractivity (Wildman–Crippen MR) is 69.7 cm³/mol. The van der Waals surface area contributed by atoms with E-state index in [9.17, 15) is 8.42 Å². The fourth-order valence-corrected chi connectivity index (χ4v) is 3.22. The monoisotopic (exact) mass is 257 g/mol. The van der Waals surface area contributed by atoms with Crippen molar-refractivity contribution in [1.29, 1.82) is 0 Å². The van der Waals surface area contributed by atoms with Crippen molar-refractivity contribution in [3.63, 3.8) is 0 Å². The summed E-state index contributed by atoms with van der Waals surface area (Å²) < 4.78 is 25.5. The SMILES string of the molecule is CCN(c1cccc(C)c1)S(=O)(=O)CCCO. The number of aliphatic hydroxyl groups excluding tert-OH is 1. The van der Waals surface area contributed by atoms with Crippen LogP contribution in [0.2, 0.25) is 0 Å². The van der Waals surface area contributed by atoms with Gasteiger partial charge in [-0.2, -0.15) is 0 Å². The third-order valence-corrected chi connectivity index (χ3v) is 4.42. The van der Waals surface area contributed by atoms with Gasteiger partial charge in [-0.05, 0) is 38.0 Å². The van der Waals surface area contributed by atoms with Gasteiger partial charge in [-0.15, -0.1) is 0 Å². The number of nitrogens with zero attached hydrogens (tertiary/aromatic N) is 1. The van der Waals surface area contributed by atoms with E-state index >= 15 is 0 Å². The lowest BCUT2D eigenvalue weighted by Gasteiger charge is -2.23. The van der Waals surface area contributed by atoms with Crippen molar-refractivity contribution in [2.24, 2.45) is 0 Å². The predicted octanol–water partition coefficient (Wildman–Crippen LogP) is 1.53. The van der Waals surface area contributed by atoms with Crippen molar-refractivity contribution in [1.82, 2.24) is 0 Å². The van der Waals surface area contributed by atoms with E-state index in [2.05, 4.69) is 0 Å². The molecule has 0 unspecified atom stereocenters. The quantitative estimate of drug-likeness (QED) is 0.841. The summed E-state index contributed by atoms with van der Waals surface area (Å²) in [7, 11) is -3.33. The van der Waals surface area contributed by atoms with E-state index < -0.39 is 10.0 Å². The van der Waals surface area contributed by atoms with Gasteiger partial charge in [0.15, 0.2) is 0 Å². The fourth-order valence-electron chi connectivity index (χ4n) is 1.68. The molecule has 0 heterocycles. The molecular formula is C12H19NO3S. The smallest absolute Gasteiger partial charge is 0.235 e. The number of hydrogen-bond donors (Lipinski definition) is 1. The van der Waals surface area contributed by atoms with Crippen molar-refractivity contribution >= 4 is 15.7 Å². The van der Waals surface area contributed by atoms with Crippen LogP contribution in [0.1, 0.15) is 18.9 Å². The summed E-state index contributed by atoms with van der Waals surface area (Å²) in [6.07, 6.45) is 0.269. The highest BCUT2D eigenvalue weighted by atomic mass is 32.2. The number of aryl methyl sites for hydroxylation is 1. The lowest BCUT2D eigenvalue weighted by Crippen LogP contribution is -2.33. The Labute approximate surface area is 103 Å². The zero-order chi connectivity index (χ0) is 12.9. The Morgan fingerprint density at radius 1 is 1.35 bits per heavy atom. The van der Waals surface area contributed by atoms with Crippen LogP contribution in [0.3, 0.4) is 0 Å². The zero-order valence-corrected chi connectivity index (χ0v) is 11.1. The molecule has 4 nitrogen and oxygen atoms in total. The molecule has 96 valence electrons. The van der Waals surface area contributed by atoms with Gasteiger partial charge >= 0.3 is 0 Å². The standard InChI is InChI=1S/C12H19NO3S/c1-3-13(17(15,16)9-5-8-14)12-7-4-6-11(2)10-12/h4,6-7,10,14H,3,5,8-9H2,1-2H3. The maximum absolute atomic E-state index is 12.0. The van der Waals surface area contributed by atoms with Gasteiger partial charge < -0.3 is 5.11 Å². The van der Waals surface area contributed by atoms with Crippen LogP contribution >= 0.6 is 0 Å². The van der Waals surface area contributed by atoms with Crippen LogP contribution in [0.5, 0.6) is 0 Å². The fraction of sp³-hybridized carbons (Fsp3) is 0.500. The molecule has 0 fully saturated rings. The summed E-state index contributed by atoms with van der Waals surface area (Å²) in [4.78, 5) is 0. The summed E-state index contributed by atoms with van der Waals surface area (Å²) in [6, 6.07) is 7.40. The maximum Gasteiger partial charge on any atom is 0.235 e. The number of anilines is 1. The Morgan fingerprint density at radius 3 is 2.59 bits per heavy atom. The largest absolute Gasteiger partial charge is 0.396 e. The van der Waals surface area contributed by atoms with Gasteiger partial charge in [-0.3, -0.25) is 4.31 Å². The van der Waals surface area contributed by atoms with Crippen LogP contribution in [0.25, 0.3) is 0 Å². The van der Waals surface area contributed by atoms with Crippen LogP contribution in [0, 0.1) is 6.92 Å². The summed E-state index contributed by atoms with van der Waals surface area (Å²) in [5, 5.41) is 8.72. The Kier molecular flexibility index (Phi) is 4.96. The van der Waals surface area contributed by atoms with Gasteiger partial charge in [-0.25, -0.2) is 8.42 Å². The lowest BCUT2D eigenvalue weighted by molar-refractivity contribution is 0.295. The van der Waals surface area contributed by atoms with E-state index in [4.69, 9.17) is 5.11 Å². The molecule has 0 aliphatic heterocycles. The second-order valence-corrected chi connectivity index (χ2v) is 5.91. The molecule has 1 aromatic rings. The molecule has 0 saturated heterocycles. The van der Waals surface area contributed by atoms with Crippen molar-refractivity contribution in [3.8, 4) is 0 Å². The van der Waals surface area contributed by atoms with E-state index in [-0.39, 0.29) is 18.8 Å². The molecule has 17 heavy (non-hydrogen) atoms. The third kappa shape index (κ3) is 3.71. The third-order valence-electron chi connectivity index (χ3n) is 2.47. The number of hydrogen-bond acceptors (Lipinski definition) is 3. The Balaban J connectivity index is 2.99. The average Bonchev–Trinajstić information content (AvgIpc) is 2.27. The number of sulfonamides is 1. The van der Waals surface area contributed by atoms with Crippen LogP contribution in [-0.4, -0.2) is 32.4 Å². The van der Waals surface area contributed by atoms with Crippen LogP contribution < -0.4 is 4.31 Å². The summed E-state index contributed by atoms with van der Waals surface area (Å²) >= 11 is 0. The Bertz CT molecular complexity index is 457. The first kappa shape index (κ1) is 14.0. The number of aliphatic hydroxyl groups is 1. The molecule has 0 amide bonds. The van der Waals surface area contributed by atoms with Crippen LogP contribution in [-0.2, 0) is 10.0 Å². The highest BCUT2D eigenvalue weighted by molar-refractivity contribution is 7.92. The molecule has 5 heteroatoms. The first-order valence-electron chi connectivity index (χ1n) is 5.69. The van der Waals surface area contributed by atoms with Crippen LogP contribution in [0.15, 0.2) is 24.3 Å². The molecule has 0 saturated carbocycles. The van der Waals surface area contributed by atoms with Gasteiger partial charge in [0.1, 0.15) is 0 Å². The molecule has 1 rings (SSSR count). The van der Waals surface area contributed by atoms with E-state index in [1.807, 2.05) is 25.1 Å². The first-order valence-corrected chi connectivity index (χ1v) is 7.30. The number of benzene rings is 1. The average molecular weight is 257 g/mol.